The first-order valence-corrected chi connectivity index (χ1v) is 8.64. The minimum Gasteiger partial charge on any atom is -0.481 e. The smallest absolute Gasteiger partial charge is 0.303 e. The molecule has 0 spiro atoms. The van der Waals surface area contributed by atoms with Gasteiger partial charge in [0.2, 0.25) is 0 Å². The Morgan fingerprint density at radius 3 is 2.27 bits per heavy atom. The van der Waals surface area contributed by atoms with E-state index in [2.05, 4.69) is 6.92 Å². The largest absolute Gasteiger partial charge is 0.481 e. The maximum absolute atomic E-state index is 11.5. The van der Waals surface area contributed by atoms with Gasteiger partial charge in [-0.2, -0.15) is 0 Å². The molecular weight excluding hydrogens is 280 g/mol. The number of allylic oxidation sites excluding steroid dienone is 1. The standard InChI is InChI=1S/C18H32O4/c1-2-3-7-11-16(19)13-10-14-17(20)12-8-5-4-6-9-15-18(21)22/h10,14,17,20H,2-9,11-13,15H2,1H3,(H,21,22). The Balaban J connectivity index is 3.48. The normalized spacial score (nSPS) is 12.6. The highest BCUT2D eigenvalue weighted by molar-refractivity contribution is 5.79. The lowest BCUT2D eigenvalue weighted by molar-refractivity contribution is -0.137. The van der Waals surface area contributed by atoms with E-state index in [-0.39, 0.29) is 12.2 Å². The number of hydrogen-bond donors (Lipinski definition) is 2. The molecule has 0 heterocycles. The molecule has 22 heavy (non-hydrogen) atoms. The number of carboxylic acids is 1. The molecule has 4 heteroatoms. The number of aliphatic hydroxyl groups excluding tert-OH is 1. The number of carbonyl (C=O) groups excluding carboxylic acids is 1. The van der Waals surface area contributed by atoms with Crippen molar-refractivity contribution in [2.24, 2.45) is 0 Å². The Morgan fingerprint density at radius 2 is 1.59 bits per heavy atom. The van der Waals surface area contributed by atoms with E-state index in [0.717, 1.165) is 51.4 Å². The Kier molecular flexibility index (Phi) is 14.0. The van der Waals surface area contributed by atoms with Crippen LogP contribution >= 0.6 is 0 Å². The van der Waals surface area contributed by atoms with Crippen LogP contribution in [0.15, 0.2) is 12.2 Å². The monoisotopic (exact) mass is 312 g/mol. The van der Waals surface area contributed by atoms with Gasteiger partial charge in [0.25, 0.3) is 0 Å². The number of aliphatic hydroxyl groups is 1. The Hall–Kier alpha value is -1.16. The van der Waals surface area contributed by atoms with Crippen molar-refractivity contribution in [3.63, 3.8) is 0 Å². The van der Waals surface area contributed by atoms with Crippen molar-refractivity contribution in [2.45, 2.75) is 90.1 Å². The molecule has 0 bridgehead atoms. The van der Waals surface area contributed by atoms with Gasteiger partial charge in [-0.05, 0) is 19.3 Å². The van der Waals surface area contributed by atoms with E-state index in [1.54, 1.807) is 12.2 Å². The Labute approximate surface area is 134 Å². The lowest BCUT2D eigenvalue weighted by Gasteiger charge is -2.05. The molecule has 128 valence electrons. The molecule has 1 atom stereocenters. The minimum atomic E-state index is -0.732. The molecule has 0 radical (unpaired) electrons. The van der Waals surface area contributed by atoms with Crippen molar-refractivity contribution in [2.75, 3.05) is 0 Å². The molecular formula is C18H32O4. The third-order valence-corrected chi connectivity index (χ3v) is 3.65. The lowest BCUT2D eigenvalue weighted by Crippen LogP contribution is -2.02. The summed E-state index contributed by atoms with van der Waals surface area (Å²) in [4.78, 5) is 21.9. The summed E-state index contributed by atoms with van der Waals surface area (Å²) in [5, 5.41) is 18.3. The van der Waals surface area contributed by atoms with E-state index in [1.807, 2.05) is 0 Å². The summed E-state index contributed by atoms with van der Waals surface area (Å²) < 4.78 is 0. The van der Waals surface area contributed by atoms with Crippen LogP contribution in [0.3, 0.4) is 0 Å². The molecule has 0 aromatic carbocycles. The molecule has 0 saturated heterocycles. The zero-order chi connectivity index (χ0) is 16.6. The fourth-order valence-electron chi connectivity index (χ4n) is 2.29. The molecule has 0 aliphatic rings. The van der Waals surface area contributed by atoms with Crippen LogP contribution in [-0.4, -0.2) is 28.1 Å². The quantitative estimate of drug-likeness (QED) is 0.350. The number of rotatable bonds is 15. The number of ketones is 1. The molecule has 0 aliphatic heterocycles. The van der Waals surface area contributed by atoms with Gasteiger partial charge in [0.15, 0.2) is 0 Å². The molecule has 0 amide bonds. The van der Waals surface area contributed by atoms with E-state index in [0.29, 0.717) is 19.3 Å². The van der Waals surface area contributed by atoms with E-state index in [4.69, 9.17) is 5.11 Å². The molecule has 0 rings (SSSR count). The van der Waals surface area contributed by atoms with Gasteiger partial charge in [-0.3, -0.25) is 9.59 Å². The van der Waals surface area contributed by atoms with Gasteiger partial charge in [-0.25, -0.2) is 0 Å². The van der Waals surface area contributed by atoms with Crippen LogP contribution in [0.25, 0.3) is 0 Å². The zero-order valence-corrected chi connectivity index (χ0v) is 13.9. The van der Waals surface area contributed by atoms with Gasteiger partial charge in [-0.15, -0.1) is 0 Å². The number of Topliss-reactive ketones (excluding diaryl/α,β-unsaturated/α-hetero) is 1. The SMILES string of the molecule is CCCCCC(=O)CC=CC(O)CCCCCCCC(=O)O. The number of carboxylic acid groups (broad SMARTS) is 1. The molecule has 2 N–H and O–H groups in total. The molecule has 0 aromatic heterocycles. The summed E-state index contributed by atoms with van der Waals surface area (Å²) in [6, 6.07) is 0. The van der Waals surface area contributed by atoms with Gasteiger partial charge < -0.3 is 10.2 Å². The number of carbonyl (C=O) groups is 2. The van der Waals surface area contributed by atoms with E-state index < -0.39 is 12.1 Å². The molecule has 0 fully saturated rings. The third kappa shape index (κ3) is 15.2. The number of aliphatic carboxylic acids is 1. The maximum Gasteiger partial charge on any atom is 0.303 e. The van der Waals surface area contributed by atoms with Gasteiger partial charge in [0.05, 0.1) is 6.10 Å². The fraction of sp³-hybridized carbons (Fsp3) is 0.778. The highest BCUT2D eigenvalue weighted by Gasteiger charge is 2.02. The second-order valence-electron chi connectivity index (χ2n) is 5.90. The van der Waals surface area contributed by atoms with Crippen molar-refractivity contribution in [3.8, 4) is 0 Å². The topological polar surface area (TPSA) is 74.6 Å². The third-order valence-electron chi connectivity index (χ3n) is 3.65. The molecule has 1 unspecified atom stereocenters. The minimum absolute atomic E-state index is 0.246. The number of hydrogen-bond acceptors (Lipinski definition) is 3. The van der Waals surface area contributed by atoms with Crippen LogP contribution in [0.4, 0.5) is 0 Å². The maximum atomic E-state index is 11.5. The summed E-state index contributed by atoms with van der Waals surface area (Å²) in [6.45, 7) is 2.12. The van der Waals surface area contributed by atoms with E-state index in [9.17, 15) is 14.7 Å². The predicted octanol–water partition coefficient (Wildman–Crippen LogP) is 4.26. The number of unbranched alkanes of at least 4 members (excludes halogenated alkanes) is 6. The highest BCUT2D eigenvalue weighted by Crippen LogP contribution is 2.10. The fourth-order valence-corrected chi connectivity index (χ4v) is 2.29. The van der Waals surface area contributed by atoms with Gasteiger partial charge in [0, 0.05) is 19.3 Å². The molecule has 0 saturated carbocycles. The van der Waals surface area contributed by atoms with Crippen molar-refractivity contribution < 1.29 is 19.8 Å². The molecule has 0 aliphatic carbocycles. The summed E-state index contributed by atoms with van der Waals surface area (Å²) in [7, 11) is 0. The average Bonchev–Trinajstić information content (AvgIpc) is 2.46. The summed E-state index contributed by atoms with van der Waals surface area (Å²) in [5.74, 6) is -0.486. The second-order valence-corrected chi connectivity index (χ2v) is 5.90. The van der Waals surface area contributed by atoms with Crippen LogP contribution in [0.5, 0.6) is 0 Å². The van der Waals surface area contributed by atoms with Crippen molar-refractivity contribution in [1.82, 2.24) is 0 Å². The van der Waals surface area contributed by atoms with Crippen LogP contribution in [0.2, 0.25) is 0 Å². The molecule has 4 nitrogen and oxygen atoms in total. The van der Waals surface area contributed by atoms with Crippen LogP contribution in [0.1, 0.15) is 84.0 Å². The van der Waals surface area contributed by atoms with Gasteiger partial charge >= 0.3 is 5.97 Å². The summed E-state index contributed by atoms with van der Waals surface area (Å²) in [5.41, 5.74) is 0. The van der Waals surface area contributed by atoms with E-state index in [1.165, 1.54) is 0 Å². The summed E-state index contributed by atoms with van der Waals surface area (Å²) >= 11 is 0. The van der Waals surface area contributed by atoms with Crippen molar-refractivity contribution >= 4 is 11.8 Å². The highest BCUT2D eigenvalue weighted by atomic mass is 16.4. The van der Waals surface area contributed by atoms with Gasteiger partial charge in [-0.1, -0.05) is 57.6 Å². The summed E-state index contributed by atoms with van der Waals surface area (Å²) in [6.07, 6.45) is 12.9. The zero-order valence-electron chi connectivity index (χ0n) is 13.9. The molecule has 0 aromatic rings. The van der Waals surface area contributed by atoms with Crippen LogP contribution < -0.4 is 0 Å². The first-order chi connectivity index (χ1) is 10.6. The Morgan fingerprint density at radius 1 is 0.955 bits per heavy atom. The van der Waals surface area contributed by atoms with Crippen LogP contribution in [-0.2, 0) is 9.59 Å². The van der Waals surface area contributed by atoms with Crippen LogP contribution in [0, 0.1) is 0 Å². The first kappa shape index (κ1) is 20.8. The van der Waals surface area contributed by atoms with Crippen molar-refractivity contribution in [1.29, 1.82) is 0 Å². The van der Waals surface area contributed by atoms with Crippen molar-refractivity contribution in [3.05, 3.63) is 12.2 Å². The predicted molar refractivity (Wildman–Crippen MR) is 88.9 cm³/mol. The lowest BCUT2D eigenvalue weighted by atomic mass is 10.1. The second kappa shape index (κ2) is 14.8. The van der Waals surface area contributed by atoms with E-state index >= 15 is 0 Å². The average molecular weight is 312 g/mol. The first-order valence-electron chi connectivity index (χ1n) is 8.64. The Bertz CT molecular complexity index is 323. The van der Waals surface area contributed by atoms with Gasteiger partial charge in [0.1, 0.15) is 5.78 Å².